The van der Waals surface area contributed by atoms with Crippen LogP contribution < -0.4 is 19.9 Å². The number of sulfonamides is 1. The lowest BCUT2D eigenvalue weighted by atomic mass is 10.0. The van der Waals surface area contributed by atoms with Gasteiger partial charge in [0.25, 0.3) is 5.56 Å². The summed E-state index contributed by atoms with van der Waals surface area (Å²) in [5.74, 6) is -1.09. The summed E-state index contributed by atoms with van der Waals surface area (Å²) in [5, 5.41) is 8.01. The van der Waals surface area contributed by atoms with Crippen LogP contribution in [0.5, 0.6) is 5.75 Å². The standard InChI is InChI=1S/C39H39ClF2N6O6S/c1-22-9-8-10-28-33(22)44-35(30(43-38(50)54-39(2,3)4)19-24-17-25(41)20-26(42)18-24)48(37(28)49)31-16-15-29(40)32-34(31)46(5)45-36(32)47(55(7,51)52)21-23-11-13-27(53-6)14-12-23/h8-18,20,30H,19,21H2,1-7H3,(H,43,50). The number of anilines is 1. The fraction of sp³-hybridized carbons (Fsp3) is 0.282. The SMILES string of the molecule is COc1ccc(CN(c2nn(C)c3c(-n4c(C(Cc5cc(F)cc(F)c5)NC(=O)OC(C)(C)C)nc5c(C)cccc5c4=O)ccc(Cl)c23)S(C)(=O)=O)cc1. The van der Waals surface area contributed by atoms with Gasteiger partial charge in [0.15, 0.2) is 5.82 Å². The summed E-state index contributed by atoms with van der Waals surface area (Å²) < 4.78 is 70.5. The highest BCUT2D eigenvalue weighted by molar-refractivity contribution is 7.92. The third kappa shape index (κ3) is 8.27. The van der Waals surface area contributed by atoms with Crippen molar-refractivity contribution in [2.75, 3.05) is 17.7 Å². The topological polar surface area (TPSA) is 138 Å². The number of aromatic nitrogens is 4. The third-order valence-corrected chi connectivity index (χ3v) is 10.2. The predicted octanol–water partition coefficient (Wildman–Crippen LogP) is 7.30. The lowest BCUT2D eigenvalue weighted by Crippen LogP contribution is -2.39. The number of aryl methyl sites for hydroxylation is 2. The van der Waals surface area contributed by atoms with Gasteiger partial charge in [-0.3, -0.25) is 14.0 Å². The van der Waals surface area contributed by atoms with E-state index in [2.05, 4.69) is 10.4 Å². The molecule has 0 aliphatic heterocycles. The van der Waals surface area contributed by atoms with Crippen LogP contribution in [0.2, 0.25) is 5.02 Å². The first-order valence-electron chi connectivity index (χ1n) is 17.1. The zero-order chi connectivity index (χ0) is 40.0. The molecule has 6 rings (SSSR count). The maximum atomic E-state index is 14.8. The van der Waals surface area contributed by atoms with Crippen LogP contribution in [0.3, 0.4) is 0 Å². The van der Waals surface area contributed by atoms with Crippen LogP contribution in [0, 0.1) is 18.6 Å². The summed E-state index contributed by atoms with van der Waals surface area (Å²) in [6.45, 7) is 6.70. The van der Waals surface area contributed by atoms with E-state index in [9.17, 15) is 26.8 Å². The number of hydrogen-bond acceptors (Lipinski definition) is 8. The van der Waals surface area contributed by atoms with Crippen LogP contribution in [-0.2, 0) is 34.8 Å². The normalized spacial score (nSPS) is 12.5. The summed E-state index contributed by atoms with van der Waals surface area (Å²) >= 11 is 6.86. The molecule has 2 heterocycles. The quantitative estimate of drug-likeness (QED) is 0.153. The van der Waals surface area contributed by atoms with E-state index in [0.717, 1.165) is 28.8 Å². The van der Waals surface area contributed by atoms with Crippen molar-refractivity contribution in [3.05, 3.63) is 122 Å². The molecule has 1 N–H and O–H groups in total. The Morgan fingerprint density at radius 1 is 1.02 bits per heavy atom. The van der Waals surface area contributed by atoms with Crippen molar-refractivity contribution in [1.29, 1.82) is 0 Å². The molecule has 16 heteroatoms. The largest absolute Gasteiger partial charge is 0.497 e. The van der Waals surface area contributed by atoms with Crippen molar-refractivity contribution in [3.63, 3.8) is 0 Å². The molecule has 288 valence electrons. The maximum Gasteiger partial charge on any atom is 0.408 e. The van der Waals surface area contributed by atoms with Gasteiger partial charge in [-0.05, 0) is 86.8 Å². The Kier molecular flexibility index (Phi) is 10.6. The molecule has 0 spiro atoms. The molecule has 0 aliphatic rings. The Hall–Kier alpha value is -5.54. The molecule has 0 saturated heterocycles. The second-order valence-electron chi connectivity index (χ2n) is 14.1. The number of benzene rings is 4. The van der Waals surface area contributed by atoms with E-state index in [-0.39, 0.29) is 57.2 Å². The summed E-state index contributed by atoms with van der Waals surface area (Å²) in [6, 6.07) is 16.8. The van der Waals surface area contributed by atoms with Crippen LogP contribution in [-0.4, -0.2) is 52.8 Å². The number of hydrogen-bond donors (Lipinski definition) is 1. The van der Waals surface area contributed by atoms with Gasteiger partial charge in [0.05, 0.1) is 58.5 Å². The number of fused-ring (bicyclic) bond motifs is 2. The average molecular weight is 793 g/mol. The first-order chi connectivity index (χ1) is 25.8. The van der Waals surface area contributed by atoms with E-state index in [0.29, 0.717) is 22.4 Å². The molecule has 1 unspecified atom stereocenters. The molecule has 0 saturated carbocycles. The van der Waals surface area contributed by atoms with Gasteiger partial charge < -0.3 is 14.8 Å². The number of amides is 1. The zero-order valence-corrected chi connectivity index (χ0v) is 32.7. The van der Waals surface area contributed by atoms with Crippen molar-refractivity contribution in [2.24, 2.45) is 7.05 Å². The van der Waals surface area contributed by atoms with Gasteiger partial charge in [0.2, 0.25) is 10.0 Å². The zero-order valence-electron chi connectivity index (χ0n) is 31.1. The van der Waals surface area contributed by atoms with Crippen LogP contribution >= 0.6 is 11.6 Å². The minimum Gasteiger partial charge on any atom is -0.497 e. The molecule has 6 aromatic rings. The number of carbonyl (C=O) groups excluding carboxylic acids is 1. The number of methoxy groups -OCH3 is 1. The fourth-order valence-electron chi connectivity index (χ4n) is 6.40. The van der Waals surface area contributed by atoms with Crippen LogP contribution in [0.15, 0.2) is 77.6 Å². The molecule has 12 nitrogen and oxygen atoms in total. The lowest BCUT2D eigenvalue weighted by Gasteiger charge is -2.26. The van der Waals surface area contributed by atoms with Crippen LogP contribution in [0.25, 0.3) is 27.5 Å². The second-order valence-corrected chi connectivity index (χ2v) is 16.4. The Balaban J connectivity index is 1.63. The smallest absolute Gasteiger partial charge is 0.408 e. The minimum atomic E-state index is -3.97. The number of alkyl carbamates (subject to hydrolysis) is 1. The molecule has 1 atom stereocenters. The van der Waals surface area contributed by atoms with Gasteiger partial charge in [-0.2, -0.15) is 5.10 Å². The highest BCUT2D eigenvalue weighted by atomic mass is 35.5. The Morgan fingerprint density at radius 2 is 1.69 bits per heavy atom. The maximum absolute atomic E-state index is 14.8. The molecule has 0 fully saturated rings. The van der Waals surface area contributed by atoms with Gasteiger partial charge in [-0.25, -0.2) is 31.3 Å². The van der Waals surface area contributed by atoms with E-state index < -0.39 is 45.0 Å². The summed E-state index contributed by atoms with van der Waals surface area (Å²) in [7, 11) is -0.870. The molecular formula is C39H39ClF2N6O6S. The lowest BCUT2D eigenvalue weighted by molar-refractivity contribution is 0.0500. The molecule has 55 heavy (non-hydrogen) atoms. The monoisotopic (exact) mass is 792 g/mol. The van der Waals surface area contributed by atoms with E-state index in [1.807, 2.05) is 0 Å². The molecule has 0 radical (unpaired) electrons. The van der Waals surface area contributed by atoms with Crippen LogP contribution in [0.4, 0.5) is 19.4 Å². The highest BCUT2D eigenvalue weighted by Crippen LogP contribution is 2.38. The first kappa shape index (κ1) is 39.2. The fourth-order valence-corrected chi connectivity index (χ4v) is 7.46. The molecule has 0 aliphatic carbocycles. The van der Waals surface area contributed by atoms with Gasteiger partial charge in [-0.15, -0.1) is 0 Å². The van der Waals surface area contributed by atoms with Gasteiger partial charge in [-0.1, -0.05) is 35.9 Å². The molecule has 4 aromatic carbocycles. The van der Waals surface area contributed by atoms with E-state index in [4.69, 9.17) is 26.1 Å². The van der Waals surface area contributed by atoms with E-state index in [1.54, 1.807) is 83.3 Å². The van der Waals surface area contributed by atoms with Crippen molar-refractivity contribution in [2.45, 2.75) is 52.3 Å². The first-order valence-corrected chi connectivity index (χ1v) is 19.3. The van der Waals surface area contributed by atoms with Crippen molar-refractivity contribution < 1.29 is 31.5 Å². The molecule has 1 amide bonds. The predicted molar refractivity (Wildman–Crippen MR) is 208 cm³/mol. The number of rotatable bonds is 10. The number of nitrogens with zero attached hydrogens (tertiary/aromatic N) is 5. The Bertz CT molecular complexity index is 2600. The van der Waals surface area contributed by atoms with E-state index in [1.165, 1.54) is 22.4 Å². The summed E-state index contributed by atoms with van der Waals surface area (Å²) in [6.07, 6.45) is -0.0317. The molecule has 0 bridgehead atoms. The average Bonchev–Trinajstić information content (AvgIpc) is 3.43. The third-order valence-electron chi connectivity index (χ3n) is 8.75. The summed E-state index contributed by atoms with van der Waals surface area (Å²) in [4.78, 5) is 33.1. The Morgan fingerprint density at radius 3 is 2.31 bits per heavy atom. The molecule has 2 aromatic heterocycles. The van der Waals surface area contributed by atoms with Gasteiger partial charge in [0.1, 0.15) is 28.8 Å². The number of nitrogens with one attached hydrogen (secondary N) is 1. The number of carbonyl (C=O) groups is 1. The number of para-hydroxylation sites is 1. The second kappa shape index (κ2) is 14.9. The minimum absolute atomic E-state index is 0.000487. The Labute approximate surface area is 321 Å². The highest BCUT2D eigenvalue weighted by Gasteiger charge is 2.31. The number of ether oxygens (including phenoxy) is 2. The van der Waals surface area contributed by atoms with Gasteiger partial charge in [0, 0.05) is 19.5 Å². The molecular weight excluding hydrogens is 754 g/mol. The van der Waals surface area contributed by atoms with Crippen molar-refractivity contribution in [3.8, 4) is 11.4 Å². The van der Waals surface area contributed by atoms with Gasteiger partial charge >= 0.3 is 6.09 Å². The van der Waals surface area contributed by atoms with Crippen LogP contribution in [0.1, 0.15) is 49.3 Å². The number of halogens is 3. The van der Waals surface area contributed by atoms with Crippen molar-refractivity contribution >= 4 is 55.3 Å². The van der Waals surface area contributed by atoms with E-state index >= 15 is 0 Å². The summed E-state index contributed by atoms with van der Waals surface area (Å²) in [5.41, 5.74) is 0.769. The van der Waals surface area contributed by atoms with Crippen molar-refractivity contribution in [1.82, 2.24) is 24.6 Å².